The van der Waals surface area contributed by atoms with Crippen molar-refractivity contribution in [2.75, 3.05) is 5.32 Å². The Balaban J connectivity index is 2.05. The van der Waals surface area contributed by atoms with Crippen molar-refractivity contribution in [2.45, 2.75) is 53.1 Å². The highest BCUT2D eigenvalue weighted by Crippen LogP contribution is 2.20. The molecule has 0 aromatic heterocycles. The first kappa shape index (κ1) is 18.1. The van der Waals surface area contributed by atoms with Crippen molar-refractivity contribution in [3.05, 3.63) is 59.2 Å². The molecule has 0 aliphatic carbocycles. The zero-order valence-electron chi connectivity index (χ0n) is 15.2. The summed E-state index contributed by atoms with van der Waals surface area (Å²) in [5.41, 5.74) is 4.31. The van der Waals surface area contributed by atoms with Crippen LogP contribution >= 0.6 is 0 Å². The van der Waals surface area contributed by atoms with E-state index in [0.29, 0.717) is 12.3 Å². The van der Waals surface area contributed by atoms with Crippen molar-refractivity contribution in [1.82, 2.24) is 0 Å². The third-order valence-electron chi connectivity index (χ3n) is 3.98. The van der Waals surface area contributed by atoms with Gasteiger partial charge >= 0.3 is 0 Å². The van der Waals surface area contributed by atoms with Crippen molar-refractivity contribution >= 4 is 11.6 Å². The van der Waals surface area contributed by atoms with Crippen LogP contribution in [0.4, 0.5) is 5.69 Å². The maximum Gasteiger partial charge on any atom is 0.265 e. The van der Waals surface area contributed by atoms with E-state index in [2.05, 4.69) is 25.2 Å². The van der Waals surface area contributed by atoms with Crippen LogP contribution in [0.25, 0.3) is 0 Å². The van der Waals surface area contributed by atoms with Crippen LogP contribution in [0.15, 0.2) is 42.5 Å². The molecule has 0 aliphatic rings. The first-order valence-electron chi connectivity index (χ1n) is 8.54. The average molecular weight is 325 g/mol. The van der Waals surface area contributed by atoms with Gasteiger partial charge in [-0.25, -0.2) is 0 Å². The molecule has 128 valence electrons. The monoisotopic (exact) mass is 325 g/mol. The fourth-order valence-corrected chi connectivity index (χ4v) is 2.66. The molecule has 2 rings (SSSR count). The predicted molar refractivity (Wildman–Crippen MR) is 99.8 cm³/mol. The standard InChI is InChI=1S/C21H27NO2/c1-6-20(24-19-12-15(4)11-16(5)13-19)21(23)22-18-9-7-17(8-10-18)14(2)3/h7-14,20H,6H2,1-5H3,(H,22,23)/t20-/m1/s1. The van der Waals surface area contributed by atoms with Gasteiger partial charge in [0.2, 0.25) is 0 Å². The second kappa shape index (κ2) is 8.00. The molecule has 1 atom stereocenters. The summed E-state index contributed by atoms with van der Waals surface area (Å²) < 4.78 is 5.91. The number of rotatable bonds is 6. The molecular formula is C21H27NO2. The zero-order chi connectivity index (χ0) is 17.7. The Labute approximate surface area is 145 Å². The number of ether oxygens (including phenoxy) is 1. The van der Waals surface area contributed by atoms with E-state index in [1.165, 1.54) is 5.56 Å². The highest BCUT2D eigenvalue weighted by Gasteiger charge is 2.19. The summed E-state index contributed by atoms with van der Waals surface area (Å²) in [6.45, 7) is 10.3. The highest BCUT2D eigenvalue weighted by atomic mass is 16.5. The number of carbonyl (C=O) groups is 1. The fraction of sp³-hybridized carbons (Fsp3) is 0.381. The summed E-state index contributed by atoms with van der Waals surface area (Å²) in [7, 11) is 0. The van der Waals surface area contributed by atoms with Gasteiger partial charge in [0.25, 0.3) is 5.91 Å². The van der Waals surface area contributed by atoms with Crippen molar-refractivity contribution < 1.29 is 9.53 Å². The van der Waals surface area contributed by atoms with Crippen LogP contribution in [-0.2, 0) is 4.79 Å². The molecule has 2 aromatic carbocycles. The third-order valence-corrected chi connectivity index (χ3v) is 3.98. The highest BCUT2D eigenvalue weighted by molar-refractivity contribution is 5.94. The molecule has 0 heterocycles. The van der Waals surface area contributed by atoms with E-state index in [4.69, 9.17) is 4.74 Å². The minimum atomic E-state index is -0.504. The van der Waals surface area contributed by atoms with E-state index in [0.717, 1.165) is 22.6 Å². The maximum atomic E-state index is 12.5. The number of aryl methyl sites for hydroxylation is 2. The first-order valence-corrected chi connectivity index (χ1v) is 8.54. The number of anilines is 1. The van der Waals surface area contributed by atoms with E-state index in [1.807, 2.05) is 57.2 Å². The molecule has 0 aliphatic heterocycles. The Morgan fingerprint density at radius 2 is 1.62 bits per heavy atom. The van der Waals surface area contributed by atoms with E-state index in [9.17, 15) is 4.79 Å². The van der Waals surface area contributed by atoms with Crippen LogP contribution in [0, 0.1) is 13.8 Å². The van der Waals surface area contributed by atoms with E-state index in [1.54, 1.807) is 0 Å². The lowest BCUT2D eigenvalue weighted by Gasteiger charge is -2.18. The van der Waals surface area contributed by atoms with Crippen LogP contribution in [-0.4, -0.2) is 12.0 Å². The maximum absolute atomic E-state index is 12.5. The Morgan fingerprint density at radius 1 is 1.04 bits per heavy atom. The zero-order valence-corrected chi connectivity index (χ0v) is 15.2. The van der Waals surface area contributed by atoms with E-state index >= 15 is 0 Å². The van der Waals surface area contributed by atoms with Gasteiger partial charge < -0.3 is 10.1 Å². The molecule has 0 spiro atoms. The van der Waals surface area contributed by atoms with Crippen molar-refractivity contribution in [2.24, 2.45) is 0 Å². The number of hydrogen-bond donors (Lipinski definition) is 1. The summed E-state index contributed by atoms with van der Waals surface area (Å²) in [5, 5.41) is 2.94. The van der Waals surface area contributed by atoms with Gasteiger partial charge in [0.1, 0.15) is 5.75 Å². The molecule has 0 bridgehead atoms. The molecule has 0 saturated heterocycles. The molecule has 0 saturated carbocycles. The minimum absolute atomic E-state index is 0.117. The molecule has 0 radical (unpaired) electrons. The molecule has 0 unspecified atom stereocenters. The molecule has 0 fully saturated rings. The predicted octanol–water partition coefficient (Wildman–Crippen LogP) is 5.22. The van der Waals surface area contributed by atoms with Crippen LogP contribution in [0.5, 0.6) is 5.75 Å². The molecule has 3 heteroatoms. The van der Waals surface area contributed by atoms with Crippen molar-refractivity contribution in [3.63, 3.8) is 0 Å². The second-order valence-corrected chi connectivity index (χ2v) is 6.60. The normalized spacial score (nSPS) is 12.1. The van der Waals surface area contributed by atoms with Gasteiger partial charge in [-0.1, -0.05) is 39.0 Å². The van der Waals surface area contributed by atoms with Gasteiger partial charge in [0.15, 0.2) is 6.10 Å². The van der Waals surface area contributed by atoms with E-state index in [-0.39, 0.29) is 5.91 Å². The summed E-state index contributed by atoms with van der Waals surface area (Å²) in [6.07, 6.45) is 0.110. The first-order chi connectivity index (χ1) is 11.4. The fourth-order valence-electron chi connectivity index (χ4n) is 2.66. The topological polar surface area (TPSA) is 38.3 Å². The third kappa shape index (κ3) is 4.85. The minimum Gasteiger partial charge on any atom is -0.481 e. The SMILES string of the molecule is CC[C@@H](Oc1cc(C)cc(C)c1)C(=O)Nc1ccc(C(C)C)cc1. The molecule has 1 amide bonds. The summed E-state index contributed by atoms with van der Waals surface area (Å²) in [4.78, 5) is 12.5. The lowest BCUT2D eigenvalue weighted by Crippen LogP contribution is -2.32. The van der Waals surface area contributed by atoms with Crippen LogP contribution in [0.2, 0.25) is 0 Å². The van der Waals surface area contributed by atoms with Crippen LogP contribution < -0.4 is 10.1 Å². The van der Waals surface area contributed by atoms with E-state index < -0.39 is 6.10 Å². The Hall–Kier alpha value is -2.29. The largest absolute Gasteiger partial charge is 0.481 e. The smallest absolute Gasteiger partial charge is 0.265 e. The van der Waals surface area contributed by atoms with Gasteiger partial charge in [0, 0.05) is 5.69 Å². The quantitative estimate of drug-likeness (QED) is 0.790. The van der Waals surface area contributed by atoms with Crippen LogP contribution in [0.1, 0.15) is 49.8 Å². The summed E-state index contributed by atoms with van der Waals surface area (Å²) in [6, 6.07) is 14.0. The second-order valence-electron chi connectivity index (χ2n) is 6.60. The number of benzene rings is 2. The Kier molecular flexibility index (Phi) is 6.02. The van der Waals surface area contributed by atoms with Crippen molar-refractivity contribution in [1.29, 1.82) is 0 Å². The number of hydrogen-bond acceptors (Lipinski definition) is 2. The lowest BCUT2D eigenvalue weighted by molar-refractivity contribution is -0.122. The number of amides is 1. The molecule has 1 N–H and O–H groups in total. The molecule has 3 nitrogen and oxygen atoms in total. The van der Waals surface area contributed by atoms with Gasteiger partial charge in [-0.15, -0.1) is 0 Å². The van der Waals surface area contributed by atoms with Crippen molar-refractivity contribution in [3.8, 4) is 5.75 Å². The lowest BCUT2D eigenvalue weighted by atomic mass is 10.0. The average Bonchev–Trinajstić information content (AvgIpc) is 2.52. The van der Waals surface area contributed by atoms with Crippen LogP contribution in [0.3, 0.4) is 0 Å². The molecule has 24 heavy (non-hydrogen) atoms. The number of nitrogens with one attached hydrogen (secondary N) is 1. The summed E-state index contributed by atoms with van der Waals surface area (Å²) >= 11 is 0. The van der Waals surface area contributed by atoms with Gasteiger partial charge in [-0.2, -0.15) is 0 Å². The molecule has 2 aromatic rings. The van der Waals surface area contributed by atoms with Gasteiger partial charge in [0.05, 0.1) is 0 Å². The number of carbonyl (C=O) groups excluding carboxylic acids is 1. The summed E-state index contributed by atoms with van der Waals surface area (Å²) in [5.74, 6) is 1.10. The van der Waals surface area contributed by atoms with Gasteiger partial charge in [-0.3, -0.25) is 4.79 Å². The van der Waals surface area contributed by atoms with Gasteiger partial charge in [-0.05, 0) is 67.1 Å². The molecular weight excluding hydrogens is 298 g/mol. The Morgan fingerprint density at radius 3 is 2.12 bits per heavy atom. The Bertz CT molecular complexity index is 669.